The normalized spacial score (nSPS) is 12.6. The number of para-hydroxylation sites is 1. The van der Waals surface area contributed by atoms with Crippen LogP contribution in [0.4, 0.5) is 5.13 Å². The zero-order valence-corrected chi connectivity index (χ0v) is 15.2. The summed E-state index contributed by atoms with van der Waals surface area (Å²) in [5, 5.41) is 18.4. The number of rotatable bonds is 5. The number of thiazole rings is 1. The van der Waals surface area contributed by atoms with Crippen LogP contribution < -0.4 is 0 Å². The largest absolute Gasteiger partial charge is 0.478 e. The molecule has 0 aliphatic rings. The fraction of sp³-hybridized carbons (Fsp3) is 0.100. The Kier molecular flexibility index (Phi) is 4.52. The Bertz CT molecular complexity index is 1110. The van der Waals surface area contributed by atoms with E-state index < -0.39 is 5.97 Å². The summed E-state index contributed by atoms with van der Waals surface area (Å²) < 4.78 is 6.90. The minimum absolute atomic E-state index is 0.196. The van der Waals surface area contributed by atoms with Crippen molar-refractivity contribution in [3.8, 4) is 11.3 Å². The van der Waals surface area contributed by atoms with Crippen LogP contribution in [-0.2, 0) is 0 Å². The molecule has 0 saturated carbocycles. The summed E-state index contributed by atoms with van der Waals surface area (Å²) in [5.41, 5.74) is 1.63. The molecule has 4 aromatic rings. The summed E-state index contributed by atoms with van der Waals surface area (Å²) >= 11 is 1.47. The molecule has 0 fully saturated rings. The molecule has 1 N–H and O–H groups in total. The van der Waals surface area contributed by atoms with Gasteiger partial charge in [-0.2, -0.15) is 5.11 Å². The minimum atomic E-state index is -0.993. The minimum Gasteiger partial charge on any atom is -0.478 e. The molecule has 2 aromatic carbocycles. The molecule has 27 heavy (non-hydrogen) atoms. The SMILES string of the molecule is CC(N=Nc1nc2ccccc2s1)c1ccc(-c2ccccc2C(=O)O)o1. The van der Waals surface area contributed by atoms with E-state index in [0.29, 0.717) is 22.2 Å². The smallest absolute Gasteiger partial charge is 0.336 e. The van der Waals surface area contributed by atoms with Crippen LogP contribution in [0.5, 0.6) is 0 Å². The van der Waals surface area contributed by atoms with E-state index >= 15 is 0 Å². The van der Waals surface area contributed by atoms with Gasteiger partial charge >= 0.3 is 5.97 Å². The number of carbonyl (C=O) groups is 1. The number of aromatic carboxylic acids is 1. The lowest BCUT2D eigenvalue weighted by Crippen LogP contribution is -1.98. The molecular weight excluding hydrogens is 362 g/mol. The van der Waals surface area contributed by atoms with Crippen LogP contribution in [0, 0.1) is 0 Å². The van der Waals surface area contributed by atoms with Gasteiger partial charge in [-0.1, -0.05) is 41.7 Å². The van der Waals surface area contributed by atoms with Crippen LogP contribution in [0.25, 0.3) is 21.5 Å². The zero-order chi connectivity index (χ0) is 18.8. The van der Waals surface area contributed by atoms with Gasteiger partial charge in [0.05, 0.1) is 15.8 Å². The summed E-state index contributed by atoms with van der Waals surface area (Å²) in [7, 11) is 0. The Hall–Kier alpha value is -3.32. The number of carboxylic acid groups (broad SMARTS) is 1. The average molecular weight is 377 g/mol. The van der Waals surface area contributed by atoms with Crippen molar-refractivity contribution in [2.75, 3.05) is 0 Å². The zero-order valence-electron chi connectivity index (χ0n) is 14.4. The fourth-order valence-electron chi connectivity index (χ4n) is 2.70. The molecule has 0 amide bonds. The molecule has 0 aliphatic carbocycles. The van der Waals surface area contributed by atoms with Gasteiger partial charge in [-0.15, -0.1) is 5.11 Å². The molecular formula is C20H15N3O3S. The first-order valence-corrected chi connectivity index (χ1v) is 9.12. The van der Waals surface area contributed by atoms with E-state index in [2.05, 4.69) is 15.2 Å². The van der Waals surface area contributed by atoms with E-state index in [1.54, 1.807) is 36.4 Å². The van der Waals surface area contributed by atoms with Crippen molar-refractivity contribution >= 4 is 32.7 Å². The van der Waals surface area contributed by atoms with Gasteiger partial charge in [-0.05, 0) is 37.3 Å². The van der Waals surface area contributed by atoms with Crippen LogP contribution in [0.1, 0.15) is 29.1 Å². The van der Waals surface area contributed by atoms with Crippen molar-refractivity contribution in [3.05, 3.63) is 72.0 Å². The van der Waals surface area contributed by atoms with Crippen molar-refractivity contribution in [1.29, 1.82) is 0 Å². The van der Waals surface area contributed by atoms with Gasteiger partial charge in [0.1, 0.15) is 17.6 Å². The number of hydrogen-bond acceptors (Lipinski definition) is 6. The number of aromatic nitrogens is 1. The molecule has 0 saturated heterocycles. The molecule has 7 heteroatoms. The molecule has 1 unspecified atom stereocenters. The number of fused-ring (bicyclic) bond motifs is 1. The van der Waals surface area contributed by atoms with Crippen molar-refractivity contribution < 1.29 is 14.3 Å². The van der Waals surface area contributed by atoms with Crippen LogP contribution in [0.3, 0.4) is 0 Å². The lowest BCUT2D eigenvalue weighted by atomic mass is 10.1. The summed E-state index contributed by atoms with van der Waals surface area (Å²) in [5.74, 6) is 0.104. The molecule has 4 rings (SSSR count). The van der Waals surface area contributed by atoms with E-state index in [4.69, 9.17) is 4.42 Å². The highest BCUT2D eigenvalue weighted by Gasteiger charge is 2.16. The Balaban J connectivity index is 1.57. The second-order valence-corrected chi connectivity index (χ2v) is 6.92. The highest BCUT2D eigenvalue weighted by Crippen LogP contribution is 2.32. The van der Waals surface area contributed by atoms with Crippen LogP contribution in [0.2, 0.25) is 0 Å². The van der Waals surface area contributed by atoms with E-state index in [1.165, 1.54) is 11.3 Å². The fourth-order valence-corrected chi connectivity index (χ4v) is 3.50. The van der Waals surface area contributed by atoms with Gasteiger partial charge in [0.2, 0.25) is 5.13 Å². The van der Waals surface area contributed by atoms with E-state index in [-0.39, 0.29) is 11.6 Å². The number of hydrogen-bond donors (Lipinski definition) is 1. The predicted molar refractivity (Wildman–Crippen MR) is 104 cm³/mol. The van der Waals surface area contributed by atoms with E-state index in [0.717, 1.165) is 10.2 Å². The molecule has 0 spiro atoms. The summed E-state index contributed by atoms with van der Waals surface area (Å²) in [6.07, 6.45) is 0. The monoisotopic (exact) mass is 377 g/mol. The third-order valence-electron chi connectivity index (χ3n) is 4.06. The highest BCUT2D eigenvalue weighted by atomic mass is 32.1. The molecule has 0 aliphatic heterocycles. The first-order chi connectivity index (χ1) is 13.1. The van der Waals surface area contributed by atoms with Gasteiger partial charge in [-0.3, -0.25) is 0 Å². The topological polar surface area (TPSA) is 88.0 Å². The standard InChI is InChI=1S/C20H15N3O3S/c1-12(22-23-20-21-15-8-4-5-9-18(15)27-20)16-10-11-17(26-16)13-6-2-3-7-14(13)19(24)25/h2-12H,1H3,(H,24,25). The van der Waals surface area contributed by atoms with E-state index in [9.17, 15) is 9.90 Å². The number of furan rings is 1. The number of carboxylic acids is 1. The first kappa shape index (κ1) is 17.1. The maximum atomic E-state index is 11.4. The third-order valence-corrected chi connectivity index (χ3v) is 4.98. The number of benzene rings is 2. The Labute approximate surface area is 158 Å². The third kappa shape index (κ3) is 3.50. The molecule has 0 bridgehead atoms. The van der Waals surface area contributed by atoms with Crippen LogP contribution >= 0.6 is 11.3 Å². The second kappa shape index (κ2) is 7.13. The molecule has 1 atom stereocenters. The molecule has 6 nitrogen and oxygen atoms in total. The van der Waals surface area contributed by atoms with E-state index in [1.807, 2.05) is 31.2 Å². The highest BCUT2D eigenvalue weighted by molar-refractivity contribution is 7.21. The van der Waals surface area contributed by atoms with Gasteiger partial charge in [0, 0.05) is 5.56 Å². The van der Waals surface area contributed by atoms with Gasteiger partial charge in [0.15, 0.2) is 0 Å². The van der Waals surface area contributed by atoms with Gasteiger partial charge < -0.3 is 9.52 Å². The Morgan fingerprint density at radius 3 is 2.70 bits per heavy atom. The van der Waals surface area contributed by atoms with Gasteiger partial charge in [0.25, 0.3) is 0 Å². The summed E-state index contributed by atoms with van der Waals surface area (Å²) in [6.45, 7) is 1.86. The van der Waals surface area contributed by atoms with Gasteiger partial charge in [-0.25, -0.2) is 9.78 Å². The second-order valence-electron chi connectivity index (χ2n) is 5.91. The Morgan fingerprint density at radius 1 is 1.11 bits per heavy atom. The molecule has 2 aromatic heterocycles. The Morgan fingerprint density at radius 2 is 1.89 bits per heavy atom. The molecule has 134 valence electrons. The maximum Gasteiger partial charge on any atom is 0.336 e. The molecule has 0 radical (unpaired) electrons. The van der Waals surface area contributed by atoms with Crippen LogP contribution in [0.15, 0.2) is 75.3 Å². The summed E-state index contributed by atoms with van der Waals surface area (Å²) in [6, 6.07) is 17.8. The first-order valence-electron chi connectivity index (χ1n) is 8.30. The lowest BCUT2D eigenvalue weighted by Gasteiger charge is -2.03. The molecule has 2 heterocycles. The van der Waals surface area contributed by atoms with Crippen molar-refractivity contribution in [3.63, 3.8) is 0 Å². The predicted octanol–water partition coefficient (Wildman–Crippen LogP) is 6.10. The maximum absolute atomic E-state index is 11.4. The van der Waals surface area contributed by atoms with Crippen LogP contribution in [-0.4, -0.2) is 16.1 Å². The number of nitrogens with zero attached hydrogens (tertiary/aromatic N) is 3. The van der Waals surface area contributed by atoms with Crippen molar-refractivity contribution in [2.24, 2.45) is 10.2 Å². The van der Waals surface area contributed by atoms with Crippen molar-refractivity contribution in [2.45, 2.75) is 13.0 Å². The summed E-state index contributed by atoms with van der Waals surface area (Å²) in [4.78, 5) is 15.8. The lowest BCUT2D eigenvalue weighted by molar-refractivity contribution is 0.0697. The average Bonchev–Trinajstić information content (AvgIpc) is 3.33. The quantitative estimate of drug-likeness (QED) is 0.426. The number of azo groups is 1. The van der Waals surface area contributed by atoms with Crippen molar-refractivity contribution in [1.82, 2.24) is 4.98 Å².